The Morgan fingerprint density at radius 3 is 3.36 bits per heavy atom. The Labute approximate surface area is 66.0 Å². The lowest BCUT2D eigenvalue weighted by molar-refractivity contribution is -0.122. The number of hydrogen-bond acceptors (Lipinski definition) is 1. The monoisotopic (exact) mass is 148 g/mol. The van der Waals surface area contributed by atoms with E-state index in [0.29, 0.717) is 12.3 Å². The maximum atomic E-state index is 10.9. The Kier molecular flexibility index (Phi) is 1.53. The largest absolute Gasteiger partial charge is 0.273 e. The van der Waals surface area contributed by atoms with E-state index in [2.05, 4.69) is 11.4 Å². The highest BCUT2D eigenvalue weighted by Gasteiger charge is 2.24. The van der Waals surface area contributed by atoms with Gasteiger partial charge >= 0.3 is 0 Å². The van der Waals surface area contributed by atoms with Crippen molar-refractivity contribution in [3.63, 3.8) is 0 Å². The summed E-state index contributed by atoms with van der Waals surface area (Å²) < 4.78 is 0. The predicted octanol–water partition coefficient (Wildman–Crippen LogP) is 1.37. The Bertz CT molecular complexity index is 240. The van der Waals surface area contributed by atoms with Crippen LogP contribution in [0.25, 0.3) is 0 Å². The number of fused-ring (bicyclic) bond motifs is 1. The molecule has 2 heteroatoms. The van der Waals surface area contributed by atoms with E-state index < -0.39 is 0 Å². The van der Waals surface area contributed by atoms with E-state index in [9.17, 15) is 4.79 Å². The molecule has 1 unspecified atom stereocenters. The number of amides is 1. The molecule has 2 rings (SSSR count). The highest BCUT2D eigenvalue weighted by molar-refractivity contribution is 5.78. The highest BCUT2D eigenvalue weighted by Crippen LogP contribution is 2.27. The van der Waals surface area contributed by atoms with Crippen LogP contribution in [-0.4, -0.2) is 5.91 Å². The molecule has 1 saturated heterocycles. The lowest BCUT2D eigenvalue weighted by atomic mass is 9.89. The van der Waals surface area contributed by atoms with Crippen LogP contribution in [0.4, 0.5) is 0 Å². The zero-order valence-electron chi connectivity index (χ0n) is 6.29. The third-order valence-electron chi connectivity index (χ3n) is 2.20. The quantitative estimate of drug-likeness (QED) is 0.510. The van der Waals surface area contributed by atoms with Gasteiger partial charge in [0.2, 0.25) is 5.91 Å². The van der Waals surface area contributed by atoms with Gasteiger partial charge in [-0.2, -0.15) is 0 Å². The molecule has 0 spiro atoms. The van der Waals surface area contributed by atoms with Gasteiger partial charge in [0, 0.05) is 18.0 Å². The molecule has 1 aliphatic carbocycles. The molecule has 11 heavy (non-hydrogen) atoms. The summed E-state index contributed by atoms with van der Waals surface area (Å²) in [5.74, 6) is 0.570. The summed E-state index contributed by atoms with van der Waals surface area (Å²) in [6, 6.07) is 0. The molecule has 1 radical (unpaired) electrons. The molecule has 0 aromatic rings. The summed E-state index contributed by atoms with van der Waals surface area (Å²) in [5, 5.41) is 3.98. The lowest BCUT2D eigenvalue weighted by Gasteiger charge is -2.24. The molecule has 1 aliphatic heterocycles. The molecule has 2 aliphatic rings. The molecule has 1 fully saturated rings. The Morgan fingerprint density at radius 1 is 1.55 bits per heavy atom. The van der Waals surface area contributed by atoms with Crippen LogP contribution in [-0.2, 0) is 4.79 Å². The van der Waals surface area contributed by atoms with Crippen molar-refractivity contribution in [2.45, 2.75) is 19.3 Å². The normalized spacial score (nSPS) is 28.9. The average Bonchev–Trinajstić information content (AvgIpc) is 2.04. The smallest absolute Gasteiger partial charge is 0.245 e. The fourth-order valence-electron chi connectivity index (χ4n) is 1.56. The van der Waals surface area contributed by atoms with E-state index >= 15 is 0 Å². The maximum Gasteiger partial charge on any atom is 0.245 e. The Balaban J connectivity index is 2.18. The van der Waals surface area contributed by atoms with Crippen molar-refractivity contribution in [2.75, 3.05) is 0 Å². The summed E-state index contributed by atoms with van der Waals surface area (Å²) in [7, 11) is 0. The predicted molar refractivity (Wildman–Crippen MR) is 41.7 cm³/mol. The SMILES string of the molecule is O=C1CCC2CC=CC=C2[N]1. The van der Waals surface area contributed by atoms with E-state index in [0.717, 1.165) is 18.5 Å². The average molecular weight is 148 g/mol. The van der Waals surface area contributed by atoms with Gasteiger partial charge in [0.1, 0.15) is 0 Å². The number of piperidine rings is 1. The zero-order valence-corrected chi connectivity index (χ0v) is 6.29. The van der Waals surface area contributed by atoms with Crippen LogP contribution in [0.1, 0.15) is 19.3 Å². The van der Waals surface area contributed by atoms with Crippen molar-refractivity contribution < 1.29 is 4.79 Å². The van der Waals surface area contributed by atoms with Crippen LogP contribution in [0.2, 0.25) is 0 Å². The van der Waals surface area contributed by atoms with Gasteiger partial charge < -0.3 is 0 Å². The molecule has 0 aromatic heterocycles. The number of allylic oxidation sites excluding steroid dienone is 4. The van der Waals surface area contributed by atoms with Crippen molar-refractivity contribution in [1.82, 2.24) is 5.32 Å². The van der Waals surface area contributed by atoms with E-state index in [-0.39, 0.29) is 5.91 Å². The molecule has 2 nitrogen and oxygen atoms in total. The van der Waals surface area contributed by atoms with Gasteiger partial charge in [-0.15, -0.1) is 0 Å². The third-order valence-corrected chi connectivity index (χ3v) is 2.20. The van der Waals surface area contributed by atoms with E-state index in [1.165, 1.54) is 0 Å². The van der Waals surface area contributed by atoms with E-state index in [1.807, 2.05) is 12.2 Å². The fourth-order valence-corrected chi connectivity index (χ4v) is 1.56. The first-order chi connectivity index (χ1) is 5.36. The third kappa shape index (κ3) is 1.20. The zero-order chi connectivity index (χ0) is 7.68. The van der Waals surface area contributed by atoms with Crippen molar-refractivity contribution in [1.29, 1.82) is 0 Å². The van der Waals surface area contributed by atoms with Gasteiger partial charge in [-0.1, -0.05) is 12.2 Å². The van der Waals surface area contributed by atoms with Gasteiger partial charge in [-0.25, -0.2) is 5.32 Å². The van der Waals surface area contributed by atoms with Crippen LogP contribution < -0.4 is 5.32 Å². The Hall–Kier alpha value is -1.05. The van der Waals surface area contributed by atoms with Crippen LogP contribution in [0, 0.1) is 5.92 Å². The standard InChI is InChI=1S/C9H10NO/c11-9-6-5-7-3-1-2-4-8(7)10-9/h1-2,4,7H,3,5-6H2. The van der Waals surface area contributed by atoms with Crippen molar-refractivity contribution in [2.24, 2.45) is 5.92 Å². The van der Waals surface area contributed by atoms with Crippen molar-refractivity contribution >= 4 is 5.91 Å². The second-order valence-corrected chi connectivity index (χ2v) is 3.00. The molecule has 57 valence electrons. The highest BCUT2D eigenvalue weighted by atomic mass is 16.1. The van der Waals surface area contributed by atoms with Crippen molar-refractivity contribution in [3.8, 4) is 0 Å². The maximum absolute atomic E-state index is 10.9. The first kappa shape index (κ1) is 6.65. The summed E-state index contributed by atoms with van der Waals surface area (Å²) in [5.41, 5.74) is 0.990. The molecular weight excluding hydrogens is 138 g/mol. The summed E-state index contributed by atoms with van der Waals surface area (Å²) in [4.78, 5) is 10.9. The van der Waals surface area contributed by atoms with Crippen LogP contribution in [0.3, 0.4) is 0 Å². The molecule has 1 heterocycles. The first-order valence-electron chi connectivity index (χ1n) is 3.97. The van der Waals surface area contributed by atoms with Crippen LogP contribution in [0.15, 0.2) is 23.9 Å². The Morgan fingerprint density at radius 2 is 2.45 bits per heavy atom. The molecule has 0 aromatic carbocycles. The van der Waals surface area contributed by atoms with Gasteiger partial charge in [0.25, 0.3) is 0 Å². The number of carbonyl (C=O) groups is 1. The van der Waals surface area contributed by atoms with Crippen molar-refractivity contribution in [3.05, 3.63) is 23.9 Å². The van der Waals surface area contributed by atoms with Gasteiger partial charge in [-0.05, 0) is 18.9 Å². The molecule has 0 bridgehead atoms. The van der Waals surface area contributed by atoms with Crippen LogP contribution >= 0.6 is 0 Å². The minimum absolute atomic E-state index is 0.0443. The number of nitrogens with zero attached hydrogens (tertiary/aromatic N) is 1. The van der Waals surface area contributed by atoms with Crippen LogP contribution in [0.5, 0.6) is 0 Å². The minimum atomic E-state index is 0.0443. The fraction of sp³-hybridized carbons (Fsp3) is 0.444. The number of rotatable bonds is 0. The van der Waals surface area contributed by atoms with E-state index in [1.54, 1.807) is 0 Å². The minimum Gasteiger partial charge on any atom is -0.273 e. The first-order valence-corrected chi connectivity index (χ1v) is 3.97. The molecule has 1 amide bonds. The van der Waals surface area contributed by atoms with Gasteiger partial charge in [0.15, 0.2) is 0 Å². The molecule has 0 saturated carbocycles. The topological polar surface area (TPSA) is 31.2 Å². The second-order valence-electron chi connectivity index (χ2n) is 3.00. The molecule has 1 atom stereocenters. The van der Waals surface area contributed by atoms with Gasteiger partial charge in [-0.3, -0.25) is 4.79 Å². The second kappa shape index (κ2) is 2.53. The lowest BCUT2D eigenvalue weighted by Crippen LogP contribution is -2.27. The summed E-state index contributed by atoms with van der Waals surface area (Å²) >= 11 is 0. The molecule has 0 N–H and O–H groups in total. The summed E-state index contributed by atoms with van der Waals surface area (Å²) in [6.45, 7) is 0. The number of hydrogen-bond donors (Lipinski definition) is 0. The molecular formula is C9H10NO. The van der Waals surface area contributed by atoms with Gasteiger partial charge in [0.05, 0.1) is 0 Å². The van der Waals surface area contributed by atoms with E-state index in [4.69, 9.17) is 0 Å². The summed E-state index contributed by atoms with van der Waals surface area (Å²) in [6.07, 6.45) is 8.75. The number of carbonyl (C=O) groups excluding carboxylic acids is 1.